The van der Waals surface area contributed by atoms with Gasteiger partial charge >= 0.3 is 0 Å². The minimum Gasteiger partial charge on any atom is -0.623 e. The molecular formula is C9H11NO. The zero-order chi connectivity index (χ0) is 8.10. The minimum atomic E-state index is 0.490. The van der Waals surface area contributed by atoms with Gasteiger partial charge in [-0.25, -0.2) is 4.74 Å². The van der Waals surface area contributed by atoms with Gasteiger partial charge in [-0.3, -0.25) is 0 Å². The molecule has 0 saturated heterocycles. The van der Waals surface area contributed by atoms with Gasteiger partial charge in [0.2, 0.25) is 5.36 Å². The highest BCUT2D eigenvalue weighted by atomic mass is 16.5. The normalized spacial score (nSPS) is 9.18. The Balaban J connectivity index is 3.27. The number of rotatable bonds is 1. The lowest BCUT2D eigenvalue weighted by Gasteiger charge is -1.96. The molecule has 1 aromatic rings. The van der Waals surface area contributed by atoms with E-state index in [2.05, 4.69) is 0 Å². The number of hydrogen-bond acceptors (Lipinski definition) is 1. The third-order valence-electron chi connectivity index (χ3n) is 1.44. The summed E-state index contributed by atoms with van der Waals surface area (Å²) in [4.78, 5) is 0. The van der Waals surface area contributed by atoms with E-state index in [-0.39, 0.29) is 0 Å². The van der Waals surface area contributed by atoms with Crippen LogP contribution in [0.1, 0.15) is 6.92 Å². The van der Waals surface area contributed by atoms with Crippen molar-refractivity contribution in [3.8, 4) is 0 Å². The van der Waals surface area contributed by atoms with E-state index in [1.165, 1.54) is 0 Å². The van der Waals surface area contributed by atoms with Gasteiger partial charge < -0.3 is 5.21 Å². The molecule has 0 aromatic heterocycles. The maximum Gasteiger partial charge on any atom is 0.210 e. The van der Waals surface area contributed by atoms with E-state index in [4.69, 9.17) is 0 Å². The first kappa shape index (κ1) is 7.79. The predicted molar refractivity (Wildman–Crippen MR) is 45.6 cm³/mol. The summed E-state index contributed by atoms with van der Waals surface area (Å²) in [6, 6.07) is 11.1. The van der Waals surface area contributed by atoms with Crippen LogP contribution in [0, 0.1) is 5.21 Å². The van der Waals surface area contributed by atoms with Gasteiger partial charge in [0.15, 0.2) is 6.54 Å². The van der Waals surface area contributed by atoms with Crippen molar-refractivity contribution in [3.05, 3.63) is 47.0 Å². The van der Waals surface area contributed by atoms with Gasteiger partial charge in [0, 0.05) is 12.1 Å². The van der Waals surface area contributed by atoms with Gasteiger partial charge in [-0.2, -0.15) is 0 Å². The van der Waals surface area contributed by atoms with Gasteiger partial charge in [0.1, 0.15) is 0 Å². The third kappa shape index (κ3) is 2.08. The zero-order valence-electron chi connectivity index (χ0n) is 6.53. The Kier molecular flexibility index (Phi) is 2.66. The van der Waals surface area contributed by atoms with Crippen molar-refractivity contribution in [3.63, 3.8) is 0 Å². The van der Waals surface area contributed by atoms with Crippen LogP contribution in [0.4, 0.5) is 0 Å². The molecule has 2 nitrogen and oxygen atoms in total. The van der Waals surface area contributed by atoms with E-state index < -0.39 is 0 Å². The maximum atomic E-state index is 11.1. The van der Waals surface area contributed by atoms with Crippen LogP contribution in [0.15, 0.2) is 36.4 Å². The summed E-state index contributed by atoms with van der Waals surface area (Å²) in [7, 11) is 0. The second-order valence-corrected chi connectivity index (χ2v) is 2.22. The molecule has 0 fully saturated rings. The number of nitrogens with zero attached hydrogens (tertiary/aromatic N) is 1. The molecule has 0 aliphatic heterocycles. The Labute approximate surface area is 66.0 Å². The summed E-state index contributed by atoms with van der Waals surface area (Å²) in [6.07, 6.45) is 0. The van der Waals surface area contributed by atoms with Crippen molar-refractivity contribution in [2.45, 2.75) is 6.92 Å². The number of hydroxylamine groups is 1. The molecule has 0 radical (unpaired) electrons. The SMILES string of the molecule is CC[N+]([O-])=c1cccccc1. The lowest BCUT2D eigenvalue weighted by Crippen LogP contribution is -2.22. The van der Waals surface area contributed by atoms with Crippen LogP contribution in [0.5, 0.6) is 0 Å². The molecule has 0 spiro atoms. The quantitative estimate of drug-likeness (QED) is 0.431. The summed E-state index contributed by atoms with van der Waals surface area (Å²) in [5.74, 6) is 0. The van der Waals surface area contributed by atoms with E-state index in [9.17, 15) is 5.21 Å². The lowest BCUT2D eigenvalue weighted by molar-refractivity contribution is 0.765. The van der Waals surface area contributed by atoms with Crippen molar-refractivity contribution < 1.29 is 0 Å². The van der Waals surface area contributed by atoms with Gasteiger partial charge in [0.05, 0.1) is 0 Å². The third-order valence-corrected chi connectivity index (χ3v) is 1.44. The molecule has 0 atom stereocenters. The molecule has 0 saturated carbocycles. The smallest absolute Gasteiger partial charge is 0.210 e. The predicted octanol–water partition coefficient (Wildman–Crippen LogP) is 0.976. The van der Waals surface area contributed by atoms with Gasteiger partial charge in [-0.15, -0.1) is 0 Å². The van der Waals surface area contributed by atoms with Crippen LogP contribution < -0.4 is 10.1 Å². The van der Waals surface area contributed by atoms with Crippen molar-refractivity contribution in [1.82, 2.24) is 4.74 Å². The van der Waals surface area contributed by atoms with Crippen molar-refractivity contribution in [2.75, 3.05) is 6.54 Å². The molecular weight excluding hydrogens is 138 g/mol. The van der Waals surface area contributed by atoms with E-state index in [0.29, 0.717) is 11.9 Å². The molecule has 0 amide bonds. The zero-order valence-corrected chi connectivity index (χ0v) is 6.53. The average Bonchev–Trinajstić information content (AvgIpc) is 2.30. The molecule has 0 bridgehead atoms. The fraction of sp³-hybridized carbons (Fsp3) is 0.222. The summed E-state index contributed by atoms with van der Waals surface area (Å²) >= 11 is 0. The van der Waals surface area contributed by atoms with Crippen LogP contribution in [0.25, 0.3) is 0 Å². The second-order valence-electron chi connectivity index (χ2n) is 2.22. The van der Waals surface area contributed by atoms with Crippen molar-refractivity contribution >= 4 is 0 Å². The first-order valence-corrected chi connectivity index (χ1v) is 3.67. The molecule has 0 N–H and O–H groups in total. The molecule has 0 aliphatic rings. The van der Waals surface area contributed by atoms with Crippen LogP contribution in [-0.4, -0.2) is 6.54 Å². The molecule has 58 valence electrons. The molecule has 1 rings (SSSR count). The monoisotopic (exact) mass is 149 g/mol. The fourth-order valence-electron chi connectivity index (χ4n) is 0.841. The number of hydrogen-bond donors (Lipinski definition) is 0. The highest BCUT2D eigenvalue weighted by Gasteiger charge is 1.86. The maximum absolute atomic E-state index is 11.1. The van der Waals surface area contributed by atoms with Crippen molar-refractivity contribution in [2.24, 2.45) is 0 Å². The van der Waals surface area contributed by atoms with Crippen LogP contribution in [0.3, 0.4) is 0 Å². The van der Waals surface area contributed by atoms with Gasteiger partial charge in [-0.1, -0.05) is 24.3 Å². The molecule has 2 heteroatoms. The summed E-state index contributed by atoms with van der Waals surface area (Å²) in [6.45, 7) is 2.32. The highest BCUT2D eigenvalue weighted by Crippen LogP contribution is 1.75. The second kappa shape index (κ2) is 3.76. The molecule has 0 heterocycles. The Morgan fingerprint density at radius 3 is 2.18 bits per heavy atom. The topological polar surface area (TPSA) is 26.1 Å². The van der Waals surface area contributed by atoms with Crippen LogP contribution >= 0.6 is 0 Å². The largest absolute Gasteiger partial charge is 0.623 e. The standard InChI is InChI=1S/C9H11NO/c1-2-10(11)9-7-5-3-4-6-8-9/h3-8H,2H2,1H3. The average molecular weight is 149 g/mol. The molecule has 11 heavy (non-hydrogen) atoms. The van der Waals surface area contributed by atoms with E-state index in [1.807, 2.05) is 31.2 Å². The summed E-state index contributed by atoms with van der Waals surface area (Å²) in [5, 5.41) is 11.8. The van der Waals surface area contributed by atoms with Gasteiger partial charge in [0.25, 0.3) is 0 Å². The first-order chi connectivity index (χ1) is 5.34. The van der Waals surface area contributed by atoms with E-state index >= 15 is 0 Å². The molecule has 1 aromatic carbocycles. The molecule has 0 unspecified atom stereocenters. The summed E-state index contributed by atoms with van der Waals surface area (Å²) in [5.41, 5.74) is 0. The Morgan fingerprint density at radius 1 is 1.18 bits per heavy atom. The minimum absolute atomic E-state index is 0.490. The Morgan fingerprint density at radius 2 is 1.73 bits per heavy atom. The van der Waals surface area contributed by atoms with E-state index in [1.54, 1.807) is 12.1 Å². The van der Waals surface area contributed by atoms with Crippen LogP contribution in [0.2, 0.25) is 0 Å². The van der Waals surface area contributed by atoms with E-state index in [0.717, 1.165) is 4.74 Å². The fourth-order valence-corrected chi connectivity index (χ4v) is 0.841. The first-order valence-electron chi connectivity index (χ1n) is 3.67. The molecule has 0 aliphatic carbocycles. The van der Waals surface area contributed by atoms with Gasteiger partial charge in [-0.05, 0) is 6.92 Å². The Hall–Kier alpha value is -1.31. The van der Waals surface area contributed by atoms with Crippen molar-refractivity contribution in [1.29, 1.82) is 0 Å². The Bertz CT molecular complexity index is 272. The lowest BCUT2D eigenvalue weighted by atomic mass is 10.5. The summed E-state index contributed by atoms with van der Waals surface area (Å²) < 4.78 is 0.958. The van der Waals surface area contributed by atoms with Crippen LogP contribution in [-0.2, 0) is 0 Å². The highest BCUT2D eigenvalue weighted by molar-refractivity contribution is 5.00.